The van der Waals surface area contributed by atoms with Crippen LogP contribution in [0.2, 0.25) is 0 Å². The molecule has 1 aromatic carbocycles. The first-order chi connectivity index (χ1) is 10.7. The Morgan fingerprint density at radius 3 is 1.41 bits per heavy atom. The highest BCUT2D eigenvalue weighted by molar-refractivity contribution is 8.06. The van der Waals surface area contributed by atoms with Gasteiger partial charge in [0.15, 0.2) is 11.1 Å². The topological polar surface area (TPSA) is 119 Å². The third-order valence-corrected chi connectivity index (χ3v) is 5.32. The Kier molecular flexibility index (Phi) is 3.41. The third-order valence-electron chi connectivity index (χ3n) is 2.92. The molecule has 0 amide bonds. The summed E-state index contributed by atoms with van der Waals surface area (Å²) in [6, 6.07) is 11.1. The van der Waals surface area contributed by atoms with Gasteiger partial charge >= 0.3 is 0 Å². The minimum absolute atomic E-state index is 0.0245. The van der Waals surface area contributed by atoms with Gasteiger partial charge in [0, 0.05) is 0 Å². The molecule has 0 saturated carbocycles. The van der Waals surface area contributed by atoms with Gasteiger partial charge in [-0.3, -0.25) is 0 Å². The average molecular weight is 320 g/mol. The molecule has 2 aliphatic rings. The van der Waals surface area contributed by atoms with Crippen molar-refractivity contribution >= 4 is 34.9 Å². The number of nitriles is 4. The zero-order chi connectivity index (χ0) is 15.7. The third kappa shape index (κ3) is 2.05. The fourth-order valence-corrected chi connectivity index (χ4v) is 4.17. The van der Waals surface area contributed by atoms with Crippen LogP contribution in [0, 0.1) is 45.3 Å². The van der Waals surface area contributed by atoms with Crippen LogP contribution in [0.5, 0.6) is 0 Å². The molecular formula is C14H4N6S2. The summed E-state index contributed by atoms with van der Waals surface area (Å²) in [7, 11) is 0. The van der Waals surface area contributed by atoms with Crippen LogP contribution >= 0.6 is 23.5 Å². The standard InChI is InChI=1S/C14H4N6S2/c15-3-7(4-16)13-19-9-1-2-10-12(11(9)21-13)22-14(20-10)8(5-17)6-18/h1-2,19-20H. The first kappa shape index (κ1) is 13.9. The predicted molar refractivity (Wildman–Crippen MR) is 81.9 cm³/mol. The normalized spacial score (nSPS) is 13.5. The highest BCUT2D eigenvalue weighted by Gasteiger charge is 2.29. The molecule has 0 fully saturated rings. The minimum atomic E-state index is 0.0245. The van der Waals surface area contributed by atoms with Gasteiger partial charge in [0.05, 0.1) is 21.2 Å². The second-order valence-electron chi connectivity index (χ2n) is 4.13. The fraction of sp³-hybridized carbons (Fsp3) is 0. The Bertz CT molecular complexity index is 821. The summed E-state index contributed by atoms with van der Waals surface area (Å²) in [6.07, 6.45) is 0. The minimum Gasteiger partial charge on any atom is -0.347 e. The van der Waals surface area contributed by atoms with E-state index in [1.54, 1.807) is 0 Å². The van der Waals surface area contributed by atoms with Crippen molar-refractivity contribution in [2.75, 3.05) is 10.6 Å². The van der Waals surface area contributed by atoms with Crippen molar-refractivity contribution in [3.05, 3.63) is 33.3 Å². The highest BCUT2D eigenvalue weighted by Crippen LogP contribution is 2.54. The lowest BCUT2D eigenvalue weighted by Crippen LogP contribution is -1.93. The molecule has 0 aliphatic carbocycles. The summed E-state index contributed by atoms with van der Waals surface area (Å²) in [4.78, 5) is 1.75. The summed E-state index contributed by atoms with van der Waals surface area (Å²) < 4.78 is 0. The van der Waals surface area contributed by atoms with Crippen molar-refractivity contribution in [1.82, 2.24) is 0 Å². The Morgan fingerprint density at radius 2 is 1.09 bits per heavy atom. The molecule has 3 rings (SSSR count). The number of hydrogen-bond donors (Lipinski definition) is 2. The zero-order valence-electron chi connectivity index (χ0n) is 10.8. The second-order valence-corrected chi connectivity index (χ2v) is 6.17. The average Bonchev–Trinajstić information content (AvgIpc) is 3.13. The summed E-state index contributed by atoms with van der Waals surface area (Å²) >= 11 is 2.60. The summed E-state index contributed by atoms with van der Waals surface area (Å²) in [5.41, 5.74) is 1.65. The molecule has 0 atom stereocenters. The lowest BCUT2D eigenvalue weighted by molar-refractivity contribution is 1.28. The van der Waals surface area contributed by atoms with Crippen LogP contribution < -0.4 is 10.6 Å². The first-order valence-corrected chi connectivity index (χ1v) is 7.50. The van der Waals surface area contributed by atoms with E-state index in [9.17, 15) is 0 Å². The lowest BCUT2D eigenvalue weighted by Gasteiger charge is -2.02. The number of allylic oxidation sites excluding steroid dienone is 2. The molecule has 8 heteroatoms. The molecule has 0 spiro atoms. The summed E-state index contributed by atoms with van der Waals surface area (Å²) in [5.74, 6) is 0. The Labute approximate surface area is 134 Å². The fourth-order valence-electron chi connectivity index (χ4n) is 1.94. The van der Waals surface area contributed by atoms with Gasteiger partial charge in [0.25, 0.3) is 0 Å². The van der Waals surface area contributed by atoms with E-state index in [1.807, 2.05) is 36.4 Å². The zero-order valence-corrected chi connectivity index (χ0v) is 12.4. The van der Waals surface area contributed by atoms with E-state index >= 15 is 0 Å². The maximum Gasteiger partial charge on any atom is 0.160 e. The van der Waals surface area contributed by atoms with Crippen LogP contribution in [0.25, 0.3) is 0 Å². The molecule has 2 aliphatic heterocycles. The van der Waals surface area contributed by atoms with Gasteiger partial charge < -0.3 is 10.6 Å². The van der Waals surface area contributed by atoms with Crippen molar-refractivity contribution in [3.8, 4) is 24.3 Å². The number of rotatable bonds is 0. The first-order valence-electron chi connectivity index (χ1n) is 5.87. The van der Waals surface area contributed by atoms with Gasteiger partial charge in [-0.15, -0.1) is 0 Å². The maximum absolute atomic E-state index is 8.96. The quantitative estimate of drug-likeness (QED) is 0.699. The molecule has 0 aromatic heterocycles. The number of fused-ring (bicyclic) bond motifs is 3. The number of nitrogens with one attached hydrogen (secondary N) is 2. The van der Waals surface area contributed by atoms with Gasteiger partial charge in [-0.2, -0.15) is 21.0 Å². The molecule has 102 valence electrons. The van der Waals surface area contributed by atoms with Gasteiger partial charge in [-0.1, -0.05) is 23.5 Å². The van der Waals surface area contributed by atoms with Gasteiger partial charge in [-0.25, -0.2) is 0 Å². The van der Waals surface area contributed by atoms with E-state index in [1.165, 1.54) is 23.5 Å². The molecule has 2 N–H and O–H groups in total. The Hall–Kier alpha value is -3.04. The number of benzene rings is 1. The van der Waals surface area contributed by atoms with Crippen LogP contribution in [0.4, 0.5) is 11.4 Å². The number of nitrogens with zero attached hydrogens (tertiary/aromatic N) is 4. The molecule has 2 heterocycles. The number of anilines is 2. The molecule has 0 bridgehead atoms. The number of thioether (sulfide) groups is 2. The van der Waals surface area contributed by atoms with Gasteiger partial charge in [0.1, 0.15) is 34.3 Å². The monoisotopic (exact) mass is 320 g/mol. The van der Waals surface area contributed by atoms with E-state index in [4.69, 9.17) is 21.0 Å². The second kappa shape index (κ2) is 5.39. The van der Waals surface area contributed by atoms with Crippen molar-refractivity contribution < 1.29 is 0 Å². The Balaban J connectivity index is 2.06. The van der Waals surface area contributed by atoms with Crippen molar-refractivity contribution in [3.63, 3.8) is 0 Å². The van der Waals surface area contributed by atoms with Gasteiger partial charge in [-0.05, 0) is 12.1 Å². The van der Waals surface area contributed by atoms with Crippen LogP contribution in [-0.2, 0) is 0 Å². The molecule has 6 nitrogen and oxygen atoms in total. The van der Waals surface area contributed by atoms with Crippen LogP contribution in [0.1, 0.15) is 0 Å². The molecule has 22 heavy (non-hydrogen) atoms. The van der Waals surface area contributed by atoms with E-state index in [0.29, 0.717) is 10.1 Å². The van der Waals surface area contributed by atoms with E-state index in [0.717, 1.165) is 21.2 Å². The molecule has 0 radical (unpaired) electrons. The molecule has 1 aromatic rings. The summed E-state index contributed by atoms with van der Waals surface area (Å²) in [5, 5.41) is 42.9. The molecular weight excluding hydrogens is 316 g/mol. The summed E-state index contributed by atoms with van der Waals surface area (Å²) in [6.45, 7) is 0. The maximum atomic E-state index is 8.96. The van der Waals surface area contributed by atoms with Gasteiger partial charge in [0.2, 0.25) is 0 Å². The van der Waals surface area contributed by atoms with Crippen molar-refractivity contribution in [1.29, 1.82) is 21.0 Å². The van der Waals surface area contributed by atoms with Crippen LogP contribution in [0.3, 0.4) is 0 Å². The van der Waals surface area contributed by atoms with Crippen LogP contribution in [-0.4, -0.2) is 0 Å². The molecule has 0 saturated heterocycles. The predicted octanol–water partition coefficient (Wildman–Crippen LogP) is 3.24. The van der Waals surface area contributed by atoms with E-state index < -0.39 is 0 Å². The Morgan fingerprint density at radius 1 is 0.727 bits per heavy atom. The number of hydrogen-bond acceptors (Lipinski definition) is 8. The van der Waals surface area contributed by atoms with E-state index in [-0.39, 0.29) is 11.1 Å². The van der Waals surface area contributed by atoms with E-state index in [2.05, 4.69) is 10.6 Å². The SMILES string of the molecule is N#CC(C#N)=C1Nc2ccc3c(c2S1)SC(=C(C#N)C#N)N3. The van der Waals surface area contributed by atoms with Crippen LogP contribution in [0.15, 0.2) is 43.1 Å². The molecule has 0 unspecified atom stereocenters. The highest BCUT2D eigenvalue weighted by atomic mass is 32.2. The van der Waals surface area contributed by atoms with Crippen molar-refractivity contribution in [2.45, 2.75) is 9.79 Å². The smallest absolute Gasteiger partial charge is 0.160 e. The largest absolute Gasteiger partial charge is 0.347 e. The van der Waals surface area contributed by atoms with Crippen molar-refractivity contribution in [2.24, 2.45) is 0 Å². The lowest BCUT2D eigenvalue weighted by atomic mass is 10.2.